The summed E-state index contributed by atoms with van der Waals surface area (Å²) < 4.78 is 2.15. The highest BCUT2D eigenvalue weighted by molar-refractivity contribution is 7.98. The van der Waals surface area contributed by atoms with Crippen molar-refractivity contribution in [1.82, 2.24) is 14.8 Å². The first kappa shape index (κ1) is 18.1. The molecule has 136 valence electrons. The topological polar surface area (TPSA) is 30.7 Å². The second kappa shape index (κ2) is 7.75. The second-order valence-electron chi connectivity index (χ2n) is 6.44. The largest absolute Gasteiger partial charge is 0.302 e. The Balaban J connectivity index is 1.63. The number of nitrogens with zero attached hydrogens (tertiary/aromatic N) is 3. The van der Waals surface area contributed by atoms with Gasteiger partial charge in [0.15, 0.2) is 11.0 Å². The molecule has 0 aliphatic carbocycles. The van der Waals surface area contributed by atoms with Crippen molar-refractivity contribution < 1.29 is 0 Å². The van der Waals surface area contributed by atoms with E-state index in [1.807, 2.05) is 19.1 Å². The summed E-state index contributed by atoms with van der Waals surface area (Å²) >= 11 is 8.02. The molecular formula is C22H20ClN3S. The molecule has 0 saturated carbocycles. The highest BCUT2D eigenvalue weighted by atomic mass is 35.5. The Morgan fingerprint density at radius 2 is 1.81 bits per heavy atom. The first-order valence-electron chi connectivity index (χ1n) is 8.96. The van der Waals surface area contributed by atoms with Crippen molar-refractivity contribution in [3.8, 4) is 11.4 Å². The average Bonchev–Trinajstić information content (AvgIpc) is 3.11. The van der Waals surface area contributed by atoms with Gasteiger partial charge in [0.2, 0.25) is 0 Å². The third-order valence-electron chi connectivity index (χ3n) is 4.70. The van der Waals surface area contributed by atoms with Crippen LogP contribution < -0.4 is 0 Å². The molecule has 3 nitrogen and oxygen atoms in total. The van der Waals surface area contributed by atoms with Crippen molar-refractivity contribution in [3.63, 3.8) is 0 Å². The number of thioether (sulfide) groups is 1. The number of hydrogen-bond donors (Lipinski definition) is 0. The molecule has 0 atom stereocenters. The maximum atomic E-state index is 6.30. The Bertz CT molecular complexity index is 1100. The number of fused-ring (bicyclic) bond motifs is 1. The lowest BCUT2D eigenvalue weighted by Gasteiger charge is -2.09. The quantitative estimate of drug-likeness (QED) is 0.369. The van der Waals surface area contributed by atoms with Gasteiger partial charge in [0.1, 0.15) is 0 Å². The molecule has 0 amide bonds. The fraction of sp³-hybridized carbons (Fsp3) is 0.182. The van der Waals surface area contributed by atoms with Crippen LogP contribution in [0.3, 0.4) is 0 Å². The smallest absolute Gasteiger partial charge is 0.191 e. The van der Waals surface area contributed by atoms with Crippen LogP contribution in [0.15, 0.2) is 65.8 Å². The molecule has 0 spiro atoms. The predicted octanol–water partition coefficient (Wildman–Crippen LogP) is 6.37. The zero-order valence-corrected chi connectivity index (χ0v) is 16.9. The molecule has 1 aromatic heterocycles. The summed E-state index contributed by atoms with van der Waals surface area (Å²) in [6.45, 7) is 4.93. The van der Waals surface area contributed by atoms with Gasteiger partial charge < -0.3 is 4.57 Å². The Morgan fingerprint density at radius 3 is 2.63 bits per heavy atom. The van der Waals surface area contributed by atoms with Gasteiger partial charge in [-0.2, -0.15) is 0 Å². The maximum absolute atomic E-state index is 6.30. The van der Waals surface area contributed by atoms with Crippen molar-refractivity contribution in [2.75, 3.05) is 0 Å². The van der Waals surface area contributed by atoms with Crippen molar-refractivity contribution in [2.45, 2.75) is 31.3 Å². The molecule has 4 aromatic rings. The van der Waals surface area contributed by atoms with Gasteiger partial charge in [0, 0.05) is 22.9 Å². The normalized spacial score (nSPS) is 11.2. The zero-order valence-electron chi connectivity index (χ0n) is 15.3. The van der Waals surface area contributed by atoms with E-state index >= 15 is 0 Å². The lowest BCUT2D eigenvalue weighted by atomic mass is 10.1. The highest BCUT2D eigenvalue weighted by Crippen LogP contribution is 2.30. The van der Waals surface area contributed by atoms with Gasteiger partial charge in [-0.25, -0.2) is 0 Å². The molecule has 0 bridgehead atoms. The van der Waals surface area contributed by atoms with Crippen molar-refractivity contribution in [1.29, 1.82) is 0 Å². The lowest BCUT2D eigenvalue weighted by Crippen LogP contribution is -2.00. The van der Waals surface area contributed by atoms with Gasteiger partial charge in [-0.05, 0) is 41.8 Å². The van der Waals surface area contributed by atoms with Gasteiger partial charge in [0.25, 0.3) is 0 Å². The van der Waals surface area contributed by atoms with E-state index in [-0.39, 0.29) is 0 Å². The molecule has 0 unspecified atom stereocenters. The summed E-state index contributed by atoms with van der Waals surface area (Å²) in [6.07, 6.45) is 0. The molecule has 5 heteroatoms. The Morgan fingerprint density at radius 1 is 1.00 bits per heavy atom. The maximum Gasteiger partial charge on any atom is 0.191 e. The fourth-order valence-corrected chi connectivity index (χ4v) is 4.37. The van der Waals surface area contributed by atoms with Gasteiger partial charge in [-0.1, -0.05) is 78.0 Å². The first-order valence-corrected chi connectivity index (χ1v) is 10.3. The highest BCUT2D eigenvalue weighted by Gasteiger charge is 2.14. The Hall–Kier alpha value is -2.30. The van der Waals surface area contributed by atoms with E-state index < -0.39 is 0 Å². The van der Waals surface area contributed by atoms with Crippen LogP contribution in [0, 0.1) is 6.92 Å². The minimum Gasteiger partial charge on any atom is -0.302 e. The average molecular weight is 394 g/mol. The summed E-state index contributed by atoms with van der Waals surface area (Å²) in [5.41, 5.74) is 3.37. The van der Waals surface area contributed by atoms with E-state index in [0.717, 1.165) is 39.4 Å². The molecule has 27 heavy (non-hydrogen) atoms. The molecule has 0 saturated heterocycles. The van der Waals surface area contributed by atoms with Gasteiger partial charge >= 0.3 is 0 Å². The van der Waals surface area contributed by atoms with Gasteiger partial charge in [-0.3, -0.25) is 0 Å². The summed E-state index contributed by atoms with van der Waals surface area (Å²) in [5.74, 6) is 1.72. The predicted molar refractivity (Wildman–Crippen MR) is 114 cm³/mol. The standard InChI is InChI=1S/C22H20ClN3S/c1-3-26-21(17-12-11-15(2)20(23)13-17)24-25-22(26)27-14-18-9-6-8-16-7-4-5-10-19(16)18/h4-13H,3,14H2,1-2H3. The lowest BCUT2D eigenvalue weighted by molar-refractivity contribution is 0.687. The van der Waals surface area contributed by atoms with E-state index in [1.54, 1.807) is 11.8 Å². The summed E-state index contributed by atoms with van der Waals surface area (Å²) in [7, 11) is 0. The summed E-state index contributed by atoms with van der Waals surface area (Å²) in [4.78, 5) is 0. The van der Waals surface area contributed by atoms with Gasteiger partial charge in [0.05, 0.1) is 0 Å². The third-order valence-corrected chi connectivity index (χ3v) is 6.12. The van der Waals surface area contributed by atoms with Crippen LogP contribution in [0.5, 0.6) is 0 Å². The van der Waals surface area contributed by atoms with E-state index in [1.165, 1.54) is 16.3 Å². The van der Waals surface area contributed by atoms with Crippen LogP contribution >= 0.6 is 23.4 Å². The van der Waals surface area contributed by atoms with Crippen LogP contribution in [-0.2, 0) is 12.3 Å². The van der Waals surface area contributed by atoms with Crippen molar-refractivity contribution >= 4 is 34.1 Å². The number of rotatable bonds is 5. The number of benzene rings is 3. The van der Waals surface area contributed by atoms with Crippen LogP contribution in [0.1, 0.15) is 18.1 Å². The third kappa shape index (κ3) is 3.60. The minimum atomic E-state index is 0.753. The molecule has 4 rings (SSSR count). The second-order valence-corrected chi connectivity index (χ2v) is 7.79. The van der Waals surface area contributed by atoms with Crippen molar-refractivity contribution in [3.05, 3.63) is 76.8 Å². The molecule has 3 aromatic carbocycles. The molecule has 0 aliphatic rings. The van der Waals surface area contributed by atoms with Crippen LogP contribution in [-0.4, -0.2) is 14.8 Å². The Kier molecular flexibility index (Phi) is 5.19. The van der Waals surface area contributed by atoms with E-state index in [0.29, 0.717) is 0 Å². The number of hydrogen-bond acceptors (Lipinski definition) is 3. The van der Waals surface area contributed by atoms with E-state index in [9.17, 15) is 0 Å². The molecule has 1 heterocycles. The molecule has 0 fully saturated rings. The van der Waals surface area contributed by atoms with Crippen molar-refractivity contribution in [2.24, 2.45) is 0 Å². The zero-order chi connectivity index (χ0) is 18.8. The molecule has 0 aliphatic heterocycles. The monoisotopic (exact) mass is 393 g/mol. The van der Waals surface area contributed by atoms with Gasteiger partial charge in [-0.15, -0.1) is 10.2 Å². The van der Waals surface area contributed by atoms with E-state index in [4.69, 9.17) is 11.6 Å². The molecular weight excluding hydrogens is 374 g/mol. The van der Waals surface area contributed by atoms with Crippen LogP contribution in [0.4, 0.5) is 0 Å². The summed E-state index contributed by atoms with van der Waals surface area (Å²) in [5, 5.41) is 13.1. The van der Waals surface area contributed by atoms with Crippen LogP contribution in [0.25, 0.3) is 22.2 Å². The summed E-state index contributed by atoms with van der Waals surface area (Å²) in [6, 6.07) is 21.0. The number of aromatic nitrogens is 3. The molecule has 0 radical (unpaired) electrons. The fourth-order valence-electron chi connectivity index (χ4n) is 3.19. The van der Waals surface area contributed by atoms with Crippen LogP contribution in [0.2, 0.25) is 5.02 Å². The minimum absolute atomic E-state index is 0.753. The molecule has 0 N–H and O–H groups in total. The first-order chi connectivity index (χ1) is 13.2. The number of aryl methyl sites for hydroxylation is 1. The SMILES string of the molecule is CCn1c(SCc2cccc3ccccc23)nnc1-c1ccc(C)c(Cl)c1. The Labute approximate surface area is 168 Å². The number of halogens is 1. The van der Waals surface area contributed by atoms with E-state index in [2.05, 4.69) is 70.2 Å².